The molecule has 1 heterocycles. The van der Waals surface area contributed by atoms with Crippen LogP contribution in [0.2, 0.25) is 0 Å². The van der Waals surface area contributed by atoms with Crippen LogP contribution in [0.4, 0.5) is 0 Å². The normalized spacial score (nSPS) is 27.2. The van der Waals surface area contributed by atoms with E-state index < -0.39 is 0 Å². The summed E-state index contributed by atoms with van der Waals surface area (Å²) in [6, 6.07) is 9.07. The Morgan fingerprint density at radius 2 is 1.65 bits per heavy atom. The molecule has 1 saturated heterocycles. The summed E-state index contributed by atoms with van der Waals surface area (Å²) < 4.78 is 0. The van der Waals surface area contributed by atoms with E-state index in [1.165, 1.54) is 56.3 Å². The molecule has 1 aliphatic carbocycles. The average molecular weight is 272 g/mol. The van der Waals surface area contributed by atoms with E-state index in [1.54, 1.807) is 0 Å². The van der Waals surface area contributed by atoms with Gasteiger partial charge in [0, 0.05) is 13.1 Å². The van der Waals surface area contributed by atoms with Crippen molar-refractivity contribution in [2.45, 2.75) is 45.1 Å². The Balaban J connectivity index is 1.55. The van der Waals surface area contributed by atoms with E-state index in [0.29, 0.717) is 0 Å². The van der Waals surface area contributed by atoms with Crippen LogP contribution in [-0.4, -0.2) is 24.5 Å². The molecule has 0 spiro atoms. The molecular weight excluding hydrogens is 244 g/mol. The van der Waals surface area contributed by atoms with E-state index in [1.807, 2.05) is 0 Å². The van der Waals surface area contributed by atoms with Crippen LogP contribution >= 0.6 is 0 Å². The van der Waals surface area contributed by atoms with Gasteiger partial charge in [0.2, 0.25) is 0 Å². The Bertz CT molecular complexity index is 412. The van der Waals surface area contributed by atoms with E-state index >= 15 is 0 Å². The molecule has 1 saturated carbocycles. The highest BCUT2D eigenvalue weighted by molar-refractivity contribution is 5.22. The van der Waals surface area contributed by atoms with Gasteiger partial charge >= 0.3 is 0 Å². The lowest BCUT2D eigenvalue weighted by Crippen LogP contribution is -2.41. The van der Waals surface area contributed by atoms with Gasteiger partial charge in [0.1, 0.15) is 0 Å². The maximum absolute atomic E-state index is 5.60. The molecule has 2 heteroatoms. The van der Waals surface area contributed by atoms with Crippen molar-refractivity contribution in [3.05, 3.63) is 35.4 Å². The quantitative estimate of drug-likeness (QED) is 0.912. The van der Waals surface area contributed by atoms with Crippen molar-refractivity contribution in [2.24, 2.45) is 17.6 Å². The first kappa shape index (κ1) is 14.1. The lowest BCUT2D eigenvalue weighted by atomic mass is 9.75. The highest BCUT2D eigenvalue weighted by Gasteiger charge is 2.30. The molecule has 0 aromatic heterocycles. The molecule has 0 bridgehead atoms. The molecule has 0 radical (unpaired) electrons. The Hall–Kier alpha value is -0.860. The molecular formula is C18H28N2. The van der Waals surface area contributed by atoms with Crippen LogP contribution < -0.4 is 5.73 Å². The fraction of sp³-hybridized carbons (Fsp3) is 0.667. The second kappa shape index (κ2) is 6.73. The Kier molecular flexibility index (Phi) is 4.74. The van der Waals surface area contributed by atoms with Crippen LogP contribution in [0, 0.1) is 11.8 Å². The predicted octanol–water partition coefficient (Wildman–Crippen LogP) is 3.20. The highest BCUT2D eigenvalue weighted by atomic mass is 15.1. The number of nitrogens with zero attached hydrogens (tertiary/aromatic N) is 1. The zero-order valence-electron chi connectivity index (χ0n) is 12.6. The Morgan fingerprint density at radius 1 is 0.950 bits per heavy atom. The van der Waals surface area contributed by atoms with Gasteiger partial charge in [0.25, 0.3) is 0 Å². The summed E-state index contributed by atoms with van der Waals surface area (Å²) >= 11 is 0. The van der Waals surface area contributed by atoms with Crippen LogP contribution in [0.15, 0.2) is 24.3 Å². The zero-order valence-corrected chi connectivity index (χ0v) is 12.6. The fourth-order valence-corrected chi connectivity index (χ4v) is 4.06. The van der Waals surface area contributed by atoms with Crippen molar-refractivity contribution >= 4 is 0 Å². The minimum Gasteiger partial charge on any atom is -0.330 e. The number of fused-ring (bicyclic) bond motifs is 1. The molecule has 2 aliphatic rings. The largest absolute Gasteiger partial charge is 0.330 e. The number of rotatable bonds is 4. The molecule has 20 heavy (non-hydrogen) atoms. The summed E-state index contributed by atoms with van der Waals surface area (Å²) in [5.74, 6) is 2.01. The first-order valence-electron chi connectivity index (χ1n) is 8.35. The molecule has 1 aromatic rings. The van der Waals surface area contributed by atoms with Crippen LogP contribution in [0.3, 0.4) is 0 Å². The summed E-state index contributed by atoms with van der Waals surface area (Å²) in [5.41, 5.74) is 8.42. The second-order valence-electron chi connectivity index (χ2n) is 6.68. The maximum atomic E-state index is 5.60. The molecule has 2 N–H and O–H groups in total. The summed E-state index contributed by atoms with van der Waals surface area (Å²) in [5, 5.41) is 0. The van der Waals surface area contributed by atoms with Gasteiger partial charge in [-0.15, -0.1) is 0 Å². The maximum Gasteiger partial charge on any atom is 0.0233 e. The van der Waals surface area contributed by atoms with Gasteiger partial charge < -0.3 is 5.73 Å². The van der Waals surface area contributed by atoms with Crippen LogP contribution in [0.1, 0.15) is 43.2 Å². The molecule has 2 fully saturated rings. The molecule has 0 amide bonds. The lowest BCUT2D eigenvalue weighted by Gasteiger charge is -2.41. The summed E-state index contributed by atoms with van der Waals surface area (Å²) in [4.78, 5) is 2.67. The van der Waals surface area contributed by atoms with E-state index in [4.69, 9.17) is 5.73 Å². The Labute approximate surface area is 123 Å². The number of hydrogen-bond acceptors (Lipinski definition) is 2. The van der Waals surface area contributed by atoms with Gasteiger partial charge in [-0.1, -0.05) is 43.5 Å². The number of hydrogen-bond donors (Lipinski definition) is 1. The minimum absolute atomic E-state index is 0.745. The molecule has 2 unspecified atom stereocenters. The number of nitrogens with two attached hydrogens (primary N) is 1. The number of piperidine rings is 1. The summed E-state index contributed by atoms with van der Waals surface area (Å²) in [7, 11) is 0. The van der Waals surface area contributed by atoms with Crippen molar-refractivity contribution in [3.63, 3.8) is 0 Å². The molecule has 2 nitrogen and oxygen atoms in total. The van der Waals surface area contributed by atoms with E-state index in [9.17, 15) is 0 Å². The van der Waals surface area contributed by atoms with E-state index in [-0.39, 0.29) is 0 Å². The van der Waals surface area contributed by atoms with Gasteiger partial charge in [-0.25, -0.2) is 0 Å². The third-order valence-corrected chi connectivity index (χ3v) is 5.24. The molecule has 1 aliphatic heterocycles. The van der Waals surface area contributed by atoms with E-state index in [2.05, 4.69) is 29.2 Å². The first-order chi connectivity index (χ1) is 9.85. The van der Waals surface area contributed by atoms with Crippen molar-refractivity contribution < 1.29 is 0 Å². The fourth-order valence-electron chi connectivity index (χ4n) is 4.06. The van der Waals surface area contributed by atoms with Crippen molar-refractivity contribution in [1.82, 2.24) is 4.90 Å². The van der Waals surface area contributed by atoms with Crippen LogP contribution in [0.25, 0.3) is 0 Å². The molecule has 3 rings (SSSR count). The summed E-state index contributed by atoms with van der Waals surface area (Å²) in [6.45, 7) is 4.50. The van der Waals surface area contributed by atoms with Gasteiger partial charge in [0.05, 0.1) is 0 Å². The van der Waals surface area contributed by atoms with Gasteiger partial charge in [-0.3, -0.25) is 4.90 Å². The standard InChI is InChI=1S/C18H28N2/c19-11-9-15-5-7-16(8-6-15)13-20-12-10-17-3-1-2-4-18(17)14-20/h5-8,17-18H,1-4,9-14,19H2. The molecule has 2 atom stereocenters. The smallest absolute Gasteiger partial charge is 0.0233 e. The first-order valence-corrected chi connectivity index (χ1v) is 8.35. The Morgan fingerprint density at radius 3 is 2.40 bits per heavy atom. The zero-order chi connectivity index (χ0) is 13.8. The lowest BCUT2D eigenvalue weighted by molar-refractivity contribution is 0.0820. The third kappa shape index (κ3) is 3.42. The van der Waals surface area contributed by atoms with Crippen molar-refractivity contribution in [2.75, 3.05) is 19.6 Å². The van der Waals surface area contributed by atoms with Crippen LogP contribution in [0.5, 0.6) is 0 Å². The third-order valence-electron chi connectivity index (χ3n) is 5.24. The minimum atomic E-state index is 0.745. The topological polar surface area (TPSA) is 29.3 Å². The highest BCUT2D eigenvalue weighted by Crippen LogP contribution is 2.36. The molecule has 1 aromatic carbocycles. The SMILES string of the molecule is NCCc1ccc(CN2CCC3CCCCC3C2)cc1. The van der Waals surface area contributed by atoms with Gasteiger partial charge in [-0.05, 0) is 55.3 Å². The van der Waals surface area contributed by atoms with Crippen molar-refractivity contribution in [3.8, 4) is 0 Å². The number of likely N-dealkylation sites (tertiary alicyclic amines) is 1. The molecule has 110 valence electrons. The predicted molar refractivity (Wildman–Crippen MR) is 84.5 cm³/mol. The monoisotopic (exact) mass is 272 g/mol. The van der Waals surface area contributed by atoms with Gasteiger partial charge in [-0.2, -0.15) is 0 Å². The number of benzene rings is 1. The second-order valence-corrected chi connectivity index (χ2v) is 6.68. The van der Waals surface area contributed by atoms with Gasteiger partial charge in [0.15, 0.2) is 0 Å². The average Bonchev–Trinajstić information content (AvgIpc) is 2.49. The van der Waals surface area contributed by atoms with Crippen LogP contribution in [-0.2, 0) is 13.0 Å². The van der Waals surface area contributed by atoms with Crippen molar-refractivity contribution in [1.29, 1.82) is 0 Å². The van der Waals surface area contributed by atoms with E-state index in [0.717, 1.165) is 31.3 Å². The summed E-state index contributed by atoms with van der Waals surface area (Å²) in [6.07, 6.45) is 8.32.